The van der Waals surface area contributed by atoms with Gasteiger partial charge in [-0.15, -0.1) is 0 Å². The van der Waals surface area contributed by atoms with Gasteiger partial charge in [-0.25, -0.2) is 0 Å². The molecular weight excluding hydrogens is 355 g/mol. The van der Waals surface area contributed by atoms with E-state index in [1.807, 2.05) is 61.5 Å². The molecule has 1 nitrogen and oxygen atoms in total. The quantitative estimate of drug-likeness (QED) is 0.663. The highest BCUT2D eigenvalue weighted by molar-refractivity contribution is 7.99. The second-order valence-corrected chi connectivity index (χ2v) is 8.44. The molecule has 26 heavy (non-hydrogen) atoms. The van der Waals surface area contributed by atoms with Gasteiger partial charge in [0.2, 0.25) is 0 Å². The minimum absolute atomic E-state index is 0.443. The Hall–Kier alpha value is -1.75. The van der Waals surface area contributed by atoms with Crippen LogP contribution >= 0.6 is 11.8 Å². The van der Waals surface area contributed by atoms with E-state index in [1.54, 1.807) is 11.8 Å². The van der Waals surface area contributed by atoms with E-state index in [1.165, 1.54) is 0 Å². The first-order chi connectivity index (χ1) is 12.3. The lowest BCUT2D eigenvalue weighted by Crippen LogP contribution is -2.58. The smallest absolute Gasteiger partial charge is 0.276 e. The minimum atomic E-state index is -4.25. The van der Waals surface area contributed by atoms with Crippen LogP contribution in [-0.2, 0) is 5.41 Å². The van der Waals surface area contributed by atoms with Crippen molar-refractivity contribution < 1.29 is 13.2 Å². The van der Waals surface area contributed by atoms with Gasteiger partial charge >= 0.3 is 6.18 Å². The van der Waals surface area contributed by atoms with E-state index in [0.29, 0.717) is 23.6 Å². The average Bonchev–Trinajstić information content (AvgIpc) is 2.61. The van der Waals surface area contributed by atoms with Crippen LogP contribution in [0.4, 0.5) is 13.2 Å². The molecule has 2 aromatic rings. The molecule has 5 heteroatoms. The molecule has 0 bridgehead atoms. The van der Waals surface area contributed by atoms with Gasteiger partial charge in [0.1, 0.15) is 0 Å². The van der Waals surface area contributed by atoms with Crippen LogP contribution in [-0.4, -0.2) is 28.9 Å². The Kier molecular flexibility index (Phi) is 4.18. The van der Waals surface area contributed by atoms with Crippen molar-refractivity contribution in [2.45, 2.75) is 36.9 Å². The van der Waals surface area contributed by atoms with Crippen LogP contribution in [0.5, 0.6) is 0 Å². The lowest BCUT2D eigenvalue weighted by molar-refractivity contribution is -0.153. The highest BCUT2D eigenvalue weighted by atomic mass is 32.2. The molecule has 4 rings (SSSR count). The second-order valence-electron chi connectivity index (χ2n) is 7.33. The Labute approximate surface area is 155 Å². The van der Waals surface area contributed by atoms with Gasteiger partial charge in [-0.05, 0) is 17.7 Å². The van der Waals surface area contributed by atoms with E-state index >= 15 is 0 Å². The average molecular weight is 375 g/mol. The Balaban J connectivity index is 1.99. The van der Waals surface area contributed by atoms with E-state index in [9.17, 15) is 13.2 Å². The van der Waals surface area contributed by atoms with Crippen molar-refractivity contribution in [1.82, 2.24) is 0 Å². The lowest BCUT2D eigenvalue weighted by atomic mass is 9.61. The monoisotopic (exact) mass is 375 g/mol. The topological polar surface area (TPSA) is 12.4 Å². The van der Waals surface area contributed by atoms with E-state index < -0.39 is 23.6 Å². The van der Waals surface area contributed by atoms with Crippen molar-refractivity contribution >= 4 is 17.5 Å². The maximum absolute atomic E-state index is 13.6. The maximum atomic E-state index is 13.6. The van der Waals surface area contributed by atoms with Crippen LogP contribution in [0.1, 0.15) is 36.5 Å². The van der Waals surface area contributed by atoms with E-state index in [2.05, 4.69) is 0 Å². The van der Waals surface area contributed by atoms with Gasteiger partial charge in [-0.3, -0.25) is 4.99 Å². The Morgan fingerprint density at radius 3 is 2.46 bits per heavy atom. The van der Waals surface area contributed by atoms with Gasteiger partial charge in [0.05, 0.1) is 17.7 Å². The SMILES string of the molecule is CC12CSCCC1(CC(F)(F)F)N=C(c1ccccc1)c1ccccc12. The fourth-order valence-corrected chi connectivity index (χ4v) is 5.81. The molecule has 2 aliphatic rings. The first-order valence-electron chi connectivity index (χ1n) is 8.74. The van der Waals surface area contributed by atoms with Crippen molar-refractivity contribution in [1.29, 1.82) is 0 Å². The number of rotatable bonds is 2. The van der Waals surface area contributed by atoms with Crippen LogP contribution < -0.4 is 0 Å². The molecule has 0 aliphatic carbocycles. The molecule has 0 spiro atoms. The number of fused-ring (bicyclic) bond motifs is 3. The summed E-state index contributed by atoms with van der Waals surface area (Å²) in [5, 5.41) is 0. The molecule has 0 aromatic heterocycles. The van der Waals surface area contributed by atoms with Gasteiger partial charge in [-0.2, -0.15) is 24.9 Å². The summed E-state index contributed by atoms with van der Waals surface area (Å²) in [7, 11) is 0. The van der Waals surface area contributed by atoms with Crippen molar-refractivity contribution in [3.05, 3.63) is 71.3 Å². The van der Waals surface area contributed by atoms with Crippen molar-refractivity contribution in [3.63, 3.8) is 0 Å². The first-order valence-corrected chi connectivity index (χ1v) is 9.90. The fraction of sp³-hybridized carbons (Fsp3) is 0.381. The number of alkyl halides is 3. The highest BCUT2D eigenvalue weighted by Crippen LogP contribution is 2.55. The molecule has 0 radical (unpaired) electrons. The molecular formula is C21H20F3NS. The molecule has 1 saturated heterocycles. The molecule has 2 aliphatic heterocycles. The summed E-state index contributed by atoms with van der Waals surface area (Å²) in [5.74, 6) is 1.37. The molecule has 1 fully saturated rings. The fourth-order valence-electron chi connectivity index (χ4n) is 4.35. The second kappa shape index (κ2) is 6.15. The molecule has 136 valence electrons. The predicted molar refractivity (Wildman–Crippen MR) is 101 cm³/mol. The van der Waals surface area contributed by atoms with Gasteiger partial charge in [0, 0.05) is 22.3 Å². The minimum Gasteiger partial charge on any atom is -0.276 e. The predicted octanol–water partition coefficient (Wildman–Crippen LogP) is 5.62. The zero-order valence-electron chi connectivity index (χ0n) is 14.5. The summed E-state index contributed by atoms with van der Waals surface area (Å²) in [4.78, 5) is 4.89. The standard InChI is InChI=1S/C21H20F3NS/c1-19-14-26-12-11-20(19,13-21(22,23)24)25-18(15-7-3-2-4-8-15)16-9-5-6-10-17(16)19/h2-10H,11-14H2,1H3. The van der Waals surface area contributed by atoms with E-state index in [4.69, 9.17) is 4.99 Å². The number of hydrogen-bond donors (Lipinski definition) is 0. The number of aliphatic imine (C=N–C) groups is 1. The van der Waals surface area contributed by atoms with Crippen LogP contribution in [0.2, 0.25) is 0 Å². The van der Waals surface area contributed by atoms with E-state index in [-0.39, 0.29) is 0 Å². The Bertz CT molecular complexity index is 846. The molecule has 2 aromatic carbocycles. The molecule has 0 N–H and O–H groups in total. The van der Waals surface area contributed by atoms with Crippen molar-refractivity contribution in [3.8, 4) is 0 Å². The van der Waals surface area contributed by atoms with E-state index in [0.717, 1.165) is 16.7 Å². The molecule has 0 saturated carbocycles. The molecule has 2 heterocycles. The summed E-state index contributed by atoms with van der Waals surface area (Å²) in [6.45, 7) is 1.97. The van der Waals surface area contributed by atoms with Crippen LogP contribution in [0.15, 0.2) is 59.6 Å². The normalized spacial score (nSPS) is 28.1. The van der Waals surface area contributed by atoms with Crippen molar-refractivity contribution in [2.24, 2.45) is 4.99 Å². The lowest BCUT2D eigenvalue weighted by Gasteiger charge is -2.53. The summed E-state index contributed by atoms with van der Waals surface area (Å²) in [5.41, 5.74) is 1.75. The summed E-state index contributed by atoms with van der Waals surface area (Å²) in [6, 6.07) is 17.4. The highest BCUT2D eigenvalue weighted by Gasteiger charge is 2.58. The molecule has 2 atom stereocenters. The maximum Gasteiger partial charge on any atom is 0.391 e. The summed E-state index contributed by atoms with van der Waals surface area (Å²) in [6.07, 6.45) is -4.68. The number of hydrogen-bond acceptors (Lipinski definition) is 2. The van der Waals surface area contributed by atoms with Crippen molar-refractivity contribution in [2.75, 3.05) is 11.5 Å². The largest absolute Gasteiger partial charge is 0.391 e. The van der Waals surface area contributed by atoms with Crippen LogP contribution in [0, 0.1) is 0 Å². The number of benzene rings is 2. The summed E-state index contributed by atoms with van der Waals surface area (Å²) >= 11 is 1.73. The van der Waals surface area contributed by atoms with Gasteiger partial charge in [0.15, 0.2) is 0 Å². The third kappa shape index (κ3) is 2.77. The third-order valence-corrected chi connectivity index (χ3v) is 6.99. The molecule has 0 amide bonds. The van der Waals surface area contributed by atoms with Gasteiger partial charge in [-0.1, -0.05) is 61.5 Å². The Morgan fingerprint density at radius 1 is 1.04 bits per heavy atom. The zero-order valence-corrected chi connectivity index (χ0v) is 15.3. The number of halogens is 3. The van der Waals surface area contributed by atoms with Crippen LogP contribution in [0.3, 0.4) is 0 Å². The zero-order chi connectivity index (χ0) is 18.4. The summed E-state index contributed by atoms with van der Waals surface area (Å²) < 4.78 is 40.8. The number of thioether (sulfide) groups is 1. The van der Waals surface area contributed by atoms with Gasteiger partial charge < -0.3 is 0 Å². The Morgan fingerprint density at radius 2 is 1.73 bits per heavy atom. The third-order valence-electron chi connectivity index (χ3n) is 5.72. The molecule has 2 unspecified atom stereocenters. The first kappa shape index (κ1) is 17.7. The van der Waals surface area contributed by atoms with Crippen LogP contribution in [0.25, 0.3) is 0 Å². The van der Waals surface area contributed by atoms with Gasteiger partial charge in [0.25, 0.3) is 0 Å². The number of nitrogens with zero attached hydrogens (tertiary/aromatic N) is 1.